The molecule has 5 aromatic rings. The van der Waals surface area contributed by atoms with Crippen LogP contribution >= 0.6 is 0 Å². The fourth-order valence-corrected chi connectivity index (χ4v) is 3.93. The number of phenolic OH excluding ortho intramolecular Hbond substituents is 1. The number of anilines is 2. The number of fused-ring (bicyclic) bond motifs is 1. The molecule has 4 N–H and O–H groups in total. The maximum atomic E-state index is 12.3. The van der Waals surface area contributed by atoms with Crippen molar-refractivity contribution in [2.24, 2.45) is 0 Å². The number of aromatic nitrogens is 5. The Bertz CT molecular complexity index is 1580. The van der Waals surface area contributed by atoms with Crippen LogP contribution in [0.5, 0.6) is 17.4 Å². The Balaban J connectivity index is 1.44. The summed E-state index contributed by atoms with van der Waals surface area (Å²) >= 11 is 0. The molecule has 12 heteroatoms. The van der Waals surface area contributed by atoms with Crippen LogP contribution in [0.2, 0.25) is 0 Å². The Morgan fingerprint density at radius 2 is 1.97 bits per heavy atom. The molecule has 12 nitrogen and oxygen atoms in total. The number of hydrogen-bond donors (Lipinski definition) is 3. The normalized spacial score (nSPS) is 11.2. The largest absolute Gasteiger partial charge is 0.508 e. The molecule has 0 bridgehead atoms. The molecule has 0 unspecified atom stereocenters. The van der Waals surface area contributed by atoms with Gasteiger partial charge in [-0.1, -0.05) is 6.07 Å². The molecule has 0 aliphatic heterocycles. The van der Waals surface area contributed by atoms with Gasteiger partial charge in [0.15, 0.2) is 17.3 Å². The first-order valence-electron chi connectivity index (χ1n) is 11.9. The third-order valence-corrected chi connectivity index (χ3v) is 5.70. The third-order valence-electron chi connectivity index (χ3n) is 5.70. The molecule has 0 aliphatic carbocycles. The smallest absolute Gasteiger partial charge is 0.224 e. The zero-order valence-electron chi connectivity index (χ0n) is 20.8. The molecule has 0 radical (unpaired) electrons. The van der Waals surface area contributed by atoms with E-state index in [1.165, 1.54) is 0 Å². The number of rotatable bonds is 9. The number of nitrogens with one attached hydrogen (secondary N) is 1. The van der Waals surface area contributed by atoms with Crippen LogP contribution in [-0.4, -0.2) is 61.4 Å². The van der Waals surface area contributed by atoms with Gasteiger partial charge in [0, 0.05) is 29.9 Å². The number of hydrogen-bond acceptors (Lipinski definition) is 10. The highest BCUT2D eigenvalue weighted by atomic mass is 16.6. The zero-order valence-corrected chi connectivity index (χ0v) is 20.8. The lowest BCUT2D eigenvalue weighted by Gasteiger charge is -2.11. The van der Waals surface area contributed by atoms with E-state index in [4.69, 9.17) is 15.1 Å². The van der Waals surface area contributed by atoms with Crippen molar-refractivity contribution in [3.05, 3.63) is 60.8 Å². The van der Waals surface area contributed by atoms with Crippen molar-refractivity contribution in [2.75, 3.05) is 31.7 Å². The number of ether oxygens (including phenoxy) is 1. The summed E-state index contributed by atoms with van der Waals surface area (Å²) in [5, 5.41) is 20.2. The number of aromatic hydroxyl groups is 1. The first-order chi connectivity index (χ1) is 18.4. The van der Waals surface area contributed by atoms with Crippen molar-refractivity contribution in [1.29, 1.82) is 0 Å². The quantitative estimate of drug-likeness (QED) is 0.264. The van der Waals surface area contributed by atoms with Crippen LogP contribution in [0.25, 0.3) is 28.2 Å². The number of pyridine rings is 1. The van der Waals surface area contributed by atoms with Gasteiger partial charge in [0.2, 0.25) is 11.8 Å². The topological polar surface area (TPSA) is 157 Å². The molecule has 3 aromatic heterocycles. The number of nitrogens with two attached hydrogens (primary N) is 1. The lowest BCUT2D eigenvalue weighted by Crippen LogP contribution is -2.17. The van der Waals surface area contributed by atoms with E-state index in [1.807, 2.05) is 19.0 Å². The number of carbonyl (C=O) groups excluding carboxylic acids is 1. The summed E-state index contributed by atoms with van der Waals surface area (Å²) in [6.45, 7) is 0.840. The zero-order chi connectivity index (χ0) is 26.6. The highest BCUT2D eigenvalue weighted by molar-refractivity contribution is 5.91. The van der Waals surface area contributed by atoms with Gasteiger partial charge in [-0.15, -0.1) is 0 Å². The molecule has 0 aliphatic rings. The van der Waals surface area contributed by atoms with Gasteiger partial charge < -0.3 is 25.8 Å². The Morgan fingerprint density at radius 3 is 2.71 bits per heavy atom. The molecule has 2 aromatic carbocycles. The molecule has 5 rings (SSSR count). The summed E-state index contributed by atoms with van der Waals surface area (Å²) in [6, 6.07) is 15.4. The van der Waals surface area contributed by atoms with Crippen LogP contribution in [0.3, 0.4) is 0 Å². The summed E-state index contributed by atoms with van der Waals surface area (Å²) < 4.78 is 12.6. The van der Waals surface area contributed by atoms with Crippen molar-refractivity contribution in [1.82, 2.24) is 29.7 Å². The Morgan fingerprint density at radius 1 is 1.16 bits per heavy atom. The maximum absolute atomic E-state index is 12.3. The molecular formula is C26H26N8O4. The second-order valence-electron chi connectivity index (χ2n) is 8.88. The second kappa shape index (κ2) is 10.6. The van der Waals surface area contributed by atoms with Gasteiger partial charge in [0.25, 0.3) is 0 Å². The van der Waals surface area contributed by atoms with Gasteiger partial charge in [-0.05, 0) is 73.8 Å². The minimum absolute atomic E-state index is 0.0597. The SMILES string of the molecule is CN(C)CCCC(=O)Nc1cccc(Oc2cc3c(cn2)nc(-c2nonc2N)n3-c2ccc(O)cc2)c1. The summed E-state index contributed by atoms with van der Waals surface area (Å²) in [5.41, 5.74) is 8.76. The van der Waals surface area contributed by atoms with Crippen LogP contribution in [0, 0.1) is 0 Å². The number of benzene rings is 2. The van der Waals surface area contributed by atoms with E-state index in [9.17, 15) is 9.90 Å². The van der Waals surface area contributed by atoms with E-state index in [0.29, 0.717) is 46.3 Å². The maximum Gasteiger partial charge on any atom is 0.224 e. The molecule has 0 atom stereocenters. The van der Waals surface area contributed by atoms with Crippen molar-refractivity contribution < 1.29 is 19.3 Å². The average molecular weight is 515 g/mol. The van der Waals surface area contributed by atoms with Crippen LogP contribution in [-0.2, 0) is 4.79 Å². The van der Waals surface area contributed by atoms with Crippen molar-refractivity contribution in [2.45, 2.75) is 12.8 Å². The third kappa shape index (κ3) is 5.39. The Hall–Kier alpha value is -4.97. The molecule has 194 valence electrons. The second-order valence-corrected chi connectivity index (χ2v) is 8.88. The molecule has 38 heavy (non-hydrogen) atoms. The van der Waals surface area contributed by atoms with E-state index >= 15 is 0 Å². The number of imidazole rings is 1. The molecule has 0 saturated heterocycles. The van der Waals surface area contributed by atoms with Crippen molar-refractivity contribution in [3.8, 4) is 34.6 Å². The number of nitrogen functional groups attached to an aromatic ring is 1. The van der Waals surface area contributed by atoms with Crippen LogP contribution < -0.4 is 15.8 Å². The van der Waals surface area contributed by atoms with Crippen LogP contribution in [0.4, 0.5) is 11.5 Å². The van der Waals surface area contributed by atoms with Crippen molar-refractivity contribution >= 4 is 28.4 Å². The van der Waals surface area contributed by atoms with E-state index in [0.717, 1.165) is 13.0 Å². The van der Waals surface area contributed by atoms with Gasteiger partial charge in [0.1, 0.15) is 17.0 Å². The first kappa shape index (κ1) is 24.7. The Labute approximate surface area is 217 Å². The summed E-state index contributed by atoms with van der Waals surface area (Å²) in [6.07, 6.45) is 2.77. The minimum atomic E-state index is -0.0597. The predicted molar refractivity (Wildman–Crippen MR) is 141 cm³/mol. The van der Waals surface area contributed by atoms with E-state index < -0.39 is 0 Å². The van der Waals surface area contributed by atoms with Crippen LogP contribution in [0.15, 0.2) is 65.4 Å². The molecule has 1 amide bonds. The van der Waals surface area contributed by atoms with E-state index in [2.05, 4.69) is 25.6 Å². The highest BCUT2D eigenvalue weighted by Gasteiger charge is 2.21. The van der Waals surface area contributed by atoms with Gasteiger partial charge in [-0.2, -0.15) is 0 Å². The lowest BCUT2D eigenvalue weighted by molar-refractivity contribution is -0.116. The standard InChI is InChI=1S/C26H26N8O4/c1-33(2)12-4-7-22(36)29-16-5-3-6-19(13-16)37-23-14-21-20(15-28-23)30-26(24-25(27)32-38-31-24)34(21)17-8-10-18(35)11-9-17/h3,5-6,8-11,13-15,35H,4,7,12H2,1-2H3,(H2,27,32)(H,29,36). The van der Waals surface area contributed by atoms with E-state index in [1.54, 1.807) is 65.4 Å². The summed E-state index contributed by atoms with van der Waals surface area (Å²) in [4.78, 5) is 23.4. The fraction of sp³-hybridized carbons (Fsp3) is 0.192. The molecule has 0 spiro atoms. The number of amides is 1. The molecule has 0 fully saturated rings. The van der Waals surface area contributed by atoms with E-state index in [-0.39, 0.29) is 23.2 Å². The summed E-state index contributed by atoms with van der Waals surface area (Å²) in [7, 11) is 3.95. The molecule has 0 saturated carbocycles. The monoisotopic (exact) mass is 514 g/mol. The van der Waals surface area contributed by atoms with Gasteiger partial charge >= 0.3 is 0 Å². The molecule has 3 heterocycles. The average Bonchev–Trinajstić information content (AvgIpc) is 3.47. The summed E-state index contributed by atoms with van der Waals surface area (Å²) in [5.74, 6) is 1.36. The van der Waals surface area contributed by atoms with Crippen molar-refractivity contribution in [3.63, 3.8) is 0 Å². The van der Waals surface area contributed by atoms with Gasteiger partial charge in [0.05, 0.1) is 11.7 Å². The minimum Gasteiger partial charge on any atom is -0.508 e. The number of nitrogens with zero attached hydrogens (tertiary/aromatic N) is 6. The Kier molecular flexibility index (Phi) is 6.87. The molecular weight excluding hydrogens is 488 g/mol. The number of carbonyl (C=O) groups is 1. The highest BCUT2D eigenvalue weighted by Crippen LogP contribution is 2.32. The predicted octanol–water partition coefficient (Wildman–Crippen LogP) is 3.83. The number of phenols is 1. The fourth-order valence-electron chi connectivity index (χ4n) is 3.93. The van der Waals surface area contributed by atoms with Gasteiger partial charge in [-0.3, -0.25) is 9.36 Å². The van der Waals surface area contributed by atoms with Gasteiger partial charge in [-0.25, -0.2) is 14.6 Å². The first-order valence-corrected chi connectivity index (χ1v) is 11.9. The lowest BCUT2D eigenvalue weighted by atomic mass is 10.2. The van der Waals surface area contributed by atoms with Crippen LogP contribution in [0.1, 0.15) is 12.8 Å².